The van der Waals surface area contributed by atoms with Crippen molar-refractivity contribution >= 4 is 0 Å². The molecule has 0 fully saturated rings. The first-order valence-corrected chi connectivity index (χ1v) is 7.69. The molecule has 1 aromatic carbocycles. The van der Waals surface area contributed by atoms with E-state index >= 15 is 0 Å². The fourth-order valence-electron chi connectivity index (χ4n) is 2.85. The van der Waals surface area contributed by atoms with Crippen LogP contribution in [0.3, 0.4) is 0 Å². The maximum absolute atomic E-state index is 5.71. The highest BCUT2D eigenvalue weighted by molar-refractivity contribution is 5.31. The van der Waals surface area contributed by atoms with Gasteiger partial charge >= 0.3 is 0 Å². The van der Waals surface area contributed by atoms with E-state index in [0.29, 0.717) is 5.41 Å². The molecule has 0 spiro atoms. The van der Waals surface area contributed by atoms with Gasteiger partial charge in [-0.15, -0.1) is 0 Å². The van der Waals surface area contributed by atoms with Crippen LogP contribution in [0.25, 0.3) is 0 Å². The second-order valence-corrected chi connectivity index (χ2v) is 7.35. The van der Waals surface area contributed by atoms with E-state index in [1.807, 2.05) is 0 Å². The van der Waals surface area contributed by atoms with Crippen LogP contribution >= 0.6 is 0 Å². The van der Waals surface area contributed by atoms with Gasteiger partial charge in [0, 0.05) is 6.54 Å². The van der Waals surface area contributed by atoms with Gasteiger partial charge < -0.3 is 10.1 Å². The van der Waals surface area contributed by atoms with Crippen molar-refractivity contribution in [2.75, 3.05) is 19.7 Å². The van der Waals surface area contributed by atoms with E-state index in [4.69, 9.17) is 4.74 Å². The molecule has 0 aliphatic carbocycles. The zero-order valence-corrected chi connectivity index (χ0v) is 14.0. The van der Waals surface area contributed by atoms with Crippen molar-refractivity contribution in [2.24, 2.45) is 5.41 Å². The van der Waals surface area contributed by atoms with Crippen LogP contribution < -0.4 is 10.1 Å². The van der Waals surface area contributed by atoms with E-state index in [0.717, 1.165) is 25.4 Å². The number of hydrogen-bond acceptors (Lipinski definition) is 2. The molecule has 0 heterocycles. The maximum atomic E-state index is 5.71. The number of likely N-dealkylation sites (N-methyl/N-ethyl adjacent to an activating group) is 1. The summed E-state index contributed by atoms with van der Waals surface area (Å²) in [5.41, 5.74) is 1.91. The Morgan fingerprint density at radius 1 is 1.00 bits per heavy atom. The van der Waals surface area contributed by atoms with Crippen molar-refractivity contribution in [3.8, 4) is 5.75 Å². The first-order chi connectivity index (χ1) is 9.24. The summed E-state index contributed by atoms with van der Waals surface area (Å²) in [6.07, 6.45) is 1.17. The lowest BCUT2D eigenvalue weighted by Gasteiger charge is -2.33. The molecule has 114 valence electrons. The zero-order valence-electron chi connectivity index (χ0n) is 14.0. The zero-order chi connectivity index (χ0) is 15.2. The Hall–Kier alpha value is -1.02. The predicted molar refractivity (Wildman–Crippen MR) is 87.6 cm³/mol. The Labute approximate surface area is 124 Å². The molecule has 0 atom stereocenters. The van der Waals surface area contributed by atoms with Crippen LogP contribution in [0.1, 0.15) is 53.5 Å². The monoisotopic (exact) mass is 277 g/mol. The molecule has 1 aromatic rings. The van der Waals surface area contributed by atoms with Crippen LogP contribution in [0.2, 0.25) is 0 Å². The molecule has 1 N–H and O–H groups in total. The van der Waals surface area contributed by atoms with Crippen molar-refractivity contribution < 1.29 is 4.74 Å². The molecule has 2 nitrogen and oxygen atoms in total. The highest BCUT2D eigenvalue weighted by Crippen LogP contribution is 2.36. The summed E-state index contributed by atoms with van der Waals surface area (Å²) >= 11 is 0. The van der Waals surface area contributed by atoms with Crippen LogP contribution in [0, 0.1) is 5.41 Å². The van der Waals surface area contributed by atoms with Gasteiger partial charge in [-0.1, -0.05) is 53.7 Å². The molecule has 0 saturated heterocycles. The van der Waals surface area contributed by atoms with E-state index in [-0.39, 0.29) is 5.41 Å². The lowest BCUT2D eigenvalue weighted by molar-refractivity contribution is 0.283. The van der Waals surface area contributed by atoms with E-state index in [9.17, 15) is 0 Å². The highest BCUT2D eigenvalue weighted by Gasteiger charge is 2.27. The van der Waals surface area contributed by atoms with E-state index in [1.54, 1.807) is 0 Å². The largest absolute Gasteiger partial charge is 0.492 e. The van der Waals surface area contributed by atoms with Crippen molar-refractivity contribution in [3.63, 3.8) is 0 Å². The molecule has 0 unspecified atom stereocenters. The topological polar surface area (TPSA) is 21.3 Å². The van der Waals surface area contributed by atoms with E-state index in [1.165, 1.54) is 12.0 Å². The van der Waals surface area contributed by atoms with Gasteiger partial charge in [-0.25, -0.2) is 0 Å². The van der Waals surface area contributed by atoms with Crippen molar-refractivity contribution in [1.29, 1.82) is 0 Å². The number of benzene rings is 1. The highest BCUT2D eigenvalue weighted by atomic mass is 16.5. The van der Waals surface area contributed by atoms with Crippen molar-refractivity contribution in [2.45, 2.75) is 53.4 Å². The summed E-state index contributed by atoms with van der Waals surface area (Å²) in [7, 11) is 0. The van der Waals surface area contributed by atoms with Crippen LogP contribution in [-0.2, 0) is 5.41 Å². The smallest absolute Gasteiger partial charge is 0.119 e. The summed E-state index contributed by atoms with van der Waals surface area (Å²) in [6, 6.07) is 8.58. The van der Waals surface area contributed by atoms with Gasteiger partial charge in [0.2, 0.25) is 0 Å². The molecule has 20 heavy (non-hydrogen) atoms. The molecule has 0 aliphatic rings. The summed E-state index contributed by atoms with van der Waals surface area (Å²) in [5.74, 6) is 0.957. The molecular formula is C18H31NO. The minimum Gasteiger partial charge on any atom is -0.492 e. The second-order valence-electron chi connectivity index (χ2n) is 7.35. The van der Waals surface area contributed by atoms with Gasteiger partial charge in [0.05, 0.1) is 0 Å². The fraction of sp³-hybridized carbons (Fsp3) is 0.667. The van der Waals surface area contributed by atoms with Crippen LogP contribution in [0.4, 0.5) is 0 Å². The van der Waals surface area contributed by atoms with Crippen LogP contribution in [0.5, 0.6) is 5.75 Å². The number of hydrogen-bond donors (Lipinski definition) is 1. The van der Waals surface area contributed by atoms with Gasteiger partial charge in [0.25, 0.3) is 0 Å². The van der Waals surface area contributed by atoms with Gasteiger partial charge in [0.1, 0.15) is 12.4 Å². The molecule has 0 radical (unpaired) electrons. The number of nitrogens with one attached hydrogen (secondary N) is 1. The van der Waals surface area contributed by atoms with Gasteiger partial charge in [-0.3, -0.25) is 0 Å². The summed E-state index contributed by atoms with van der Waals surface area (Å²) in [6.45, 7) is 16.2. The summed E-state index contributed by atoms with van der Waals surface area (Å²) in [4.78, 5) is 0. The Balaban J connectivity index is 2.61. The molecular weight excluding hydrogens is 246 g/mol. The maximum Gasteiger partial charge on any atom is 0.119 e. The van der Waals surface area contributed by atoms with E-state index < -0.39 is 0 Å². The molecule has 0 bridgehead atoms. The minimum atomic E-state index is 0.195. The van der Waals surface area contributed by atoms with Crippen molar-refractivity contribution in [1.82, 2.24) is 5.32 Å². The summed E-state index contributed by atoms with van der Waals surface area (Å²) in [5, 5.41) is 3.25. The van der Waals surface area contributed by atoms with E-state index in [2.05, 4.69) is 71.1 Å². The quantitative estimate of drug-likeness (QED) is 0.746. The molecule has 0 aromatic heterocycles. The second kappa shape index (κ2) is 7.12. The Morgan fingerprint density at radius 3 is 2.10 bits per heavy atom. The SMILES string of the molecule is CCNCCOc1ccc(C(C)(C)CC(C)(C)C)cc1. The van der Waals surface area contributed by atoms with Gasteiger partial charge in [-0.2, -0.15) is 0 Å². The number of rotatable bonds is 7. The Morgan fingerprint density at radius 2 is 1.60 bits per heavy atom. The normalized spacial score (nSPS) is 12.5. The van der Waals surface area contributed by atoms with Crippen LogP contribution in [0.15, 0.2) is 24.3 Å². The predicted octanol–water partition coefficient (Wildman–Crippen LogP) is 4.39. The number of ether oxygens (including phenoxy) is 1. The standard InChI is InChI=1S/C18H31NO/c1-7-19-12-13-20-16-10-8-15(9-11-16)18(5,6)14-17(2,3)4/h8-11,19H,7,12-14H2,1-6H3. The lowest BCUT2D eigenvalue weighted by atomic mass is 9.72. The summed E-state index contributed by atoms with van der Waals surface area (Å²) < 4.78 is 5.71. The average molecular weight is 277 g/mol. The third kappa shape index (κ3) is 5.96. The lowest BCUT2D eigenvalue weighted by Crippen LogP contribution is -2.24. The molecule has 0 aliphatic heterocycles. The Kier molecular flexibility index (Phi) is 6.07. The van der Waals surface area contributed by atoms with Gasteiger partial charge in [0.15, 0.2) is 0 Å². The third-order valence-corrected chi connectivity index (χ3v) is 3.41. The third-order valence-electron chi connectivity index (χ3n) is 3.41. The fourth-order valence-corrected chi connectivity index (χ4v) is 2.85. The minimum absolute atomic E-state index is 0.195. The molecule has 1 rings (SSSR count). The van der Waals surface area contributed by atoms with Crippen molar-refractivity contribution in [3.05, 3.63) is 29.8 Å². The molecule has 0 saturated carbocycles. The first kappa shape index (κ1) is 17.0. The van der Waals surface area contributed by atoms with Gasteiger partial charge in [-0.05, 0) is 41.5 Å². The van der Waals surface area contributed by atoms with Crippen LogP contribution in [-0.4, -0.2) is 19.7 Å². The Bertz CT molecular complexity index is 387. The first-order valence-electron chi connectivity index (χ1n) is 7.69. The average Bonchev–Trinajstić information content (AvgIpc) is 2.32. The molecule has 0 amide bonds. The molecule has 2 heteroatoms.